The van der Waals surface area contributed by atoms with E-state index in [-0.39, 0.29) is 40.5 Å². The van der Waals surface area contributed by atoms with Crippen molar-refractivity contribution in [2.75, 3.05) is 50.8 Å². The van der Waals surface area contributed by atoms with Crippen molar-refractivity contribution in [1.29, 1.82) is 0 Å². The highest BCUT2D eigenvalue weighted by Crippen LogP contribution is 2.54. The van der Waals surface area contributed by atoms with Gasteiger partial charge in [0.25, 0.3) is 11.5 Å². The SMILES string of the molecule is O=C1CC[C@H](N2Cc3c(ccc4c3OCC43CCN(C4CCC5(CC4)CN(C4CCN(c6ccc7c(c6)C6(CCCCC6)c6nc(=O)c8c(Cl)cccc8n6-7)CC4)C5)CC3)C2=O)C(=O)N1. The number of carbonyl (C=O) groups excluding carboxylic acids is 3. The Kier molecular flexibility index (Phi) is 9.26. The van der Waals surface area contributed by atoms with Gasteiger partial charge in [-0.2, -0.15) is 4.98 Å². The topological polar surface area (TPSA) is 120 Å². The zero-order chi connectivity index (χ0) is 43.8. The van der Waals surface area contributed by atoms with Gasteiger partial charge in [0, 0.05) is 72.5 Å². The number of halogens is 1. The average molecular weight is 897 g/mol. The molecular formula is C52H58ClN7O5. The number of amides is 3. The van der Waals surface area contributed by atoms with Gasteiger partial charge in [-0.1, -0.05) is 43.0 Å². The predicted octanol–water partition coefficient (Wildman–Crippen LogP) is 7.00. The lowest BCUT2D eigenvalue weighted by Gasteiger charge is -2.58. The summed E-state index contributed by atoms with van der Waals surface area (Å²) in [6.45, 7) is 7.79. The minimum atomic E-state index is -0.618. The van der Waals surface area contributed by atoms with E-state index in [0.29, 0.717) is 53.0 Å². The van der Waals surface area contributed by atoms with Crippen LogP contribution in [-0.2, 0) is 27.0 Å². The van der Waals surface area contributed by atoms with E-state index in [0.717, 1.165) is 93.0 Å². The van der Waals surface area contributed by atoms with Crippen LogP contribution in [0.5, 0.6) is 5.75 Å². The Morgan fingerprint density at radius 2 is 1.54 bits per heavy atom. The molecule has 4 aromatic rings. The van der Waals surface area contributed by atoms with Crippen LogP contribution in [0, 0.1) is 5.41 Å². The lowest BCUT2D eigenvalue weighted by atomic mass is 9.66. The molecule has 338 valence electrons. The Morgan fingerprint density at radius 3 is 2.31 bits per heavy atom. The largest absolute Gasteiger partial charge is 0.492 e. The number of anilines is 1. The zero-order valence-corrected chi connectivity index (χ0v) is 38.0. The third-order valence-electron chi connectivity index (χ3n) is 18.2. The molecule has 3 amide bonds. The first-order valence-electron chi connectivity index (χ1n) is 24.7. The van der Waals surface area contributed by atoms with Crippen LogP contribution in [0.4, 0.5) is 5.69 Å². The van der Waals surface area contributed by atoms with Crippen LogP contribution in [0.1, 0.15) is 129 Å². The number of rotatable bonds is 4. The Bertz CT molecular complexity index is 2730. The number of nitrogens with one attached hydrogen (secondary N) is 1. The van der Waals surface area contributed by atoms with E-state index in [9.17, 15) is 19.2 Å². The van der Waals surface area contributed by atoms with Gasteiger partial charge in [0.15, 0.2) is 0 Å². The Morgan fingerprint density at radius 1 is 0.769 bits per heavy atom. The molecule has 0 unspecified atom stereocenters. The molecule has 65 heavy (non-hydrogen) atoms. The smallest absolute Gasteiger partial charge is 0.282 e. The molecule has 6 fully saturated rings. The number of imide groups is 1. The lowest BCUT2D eigenvalue weighted by molar-refractivity contribution is -0.136. The van der Waals surface area contributed by atoms with Crippen molar-refractivity contribution in [2.24, 2.45) is 5.41 Å². The molecule has 8 heterocycles. The zero-order valence-electron chi connectivity index (χ0n) is 37.2. The fourth-order valence-corrected chi connectivity index (χ4v) is 14.8. The van der Waals surface area contributed by atoms with E-state index >= 15 is 0 Å². The first-order chi connectivity index (χ1) is 31.6. The molecule has 1 N–H and O–H groups in total. The third-order valence-corrected chi connectivity index (χ3v) is 18.5. The number of piperidine rings is 3. The molecule has 3 spiro atoms. The normalized spacial score (nSPS) is 26.0. The van der Waals surface area contributed by atoms with Crippen LogP contribution < -0.4 is 20.5 Å². The van der Waals surface area contributed by atoms with Crippen LogP contribution in [0.2, 0.25) is 5.02 Å². The van der Waals surface area contributed by atoms with Crippen LogP contribution in [0.3, 0.4) is 0 Å². The highest BCUT2D eigenvalue weighted by Gasteiger charge is 2.52. The van der Waals surface area contributed by atoms with Crippen LogP contribution >= 0.6 is 11.6 Å². The number of nitrogens with zero attached hydrogens (tertiary/aromatic N) is 6. The van der Waals surface area contributed by atoms with Gasteiger partial charge in [0.2, 0.25) is 11.8 Å². The van der Waals surface area contributed by atoms with Gasteiger partial charge in [0.1, 0.15) is 17.6 Å². The van der Waals surface area contributed by atoms with Gasteiger partial charge in [0.05, 0.1) is 40.2 Å². The van der Waals surface area contributed by atoms with Crippen LogP contribution in [-0.4, -0.2) is 106 Å². The number of fused-ring (bicyclic) bond motifs is 11. The van der Waals surface area contributed by atoms with Crippen LogP contribution in [0.25, 0.3) is 16.6 Å². The highest BCUT2D eigenvalue weighted by atomic mass is 35.5. The summed E-state index contributed by atoms with van der Waals surface area (Å²) >= 11 is 6.60. The van der Waals surface area contributed by atoms with Gasteiger partial charge < -0.3 is 19.4 Å². The predicted molar refractivity (Wildman–Crippen MR) is 248 cm³/mol. The average Bonchev–Trinajstić information content (AvgIpc) is 3.93. The first-order valence-corrected chi connectivity index (χ1v) is 25.0. The maximum absolute atomic E-state index is 13.5. The van der Waals surface area contributed by atoms with Crippen molar-refractivity contribution in [1.82, 2.24) is 29.6 Å². The summed E-state index contributed by atoms with van der Waals surface area (Å²) in [6, 6.07) is 17.6. The second kappa shape index (κ2) is 14.9. The molecule has 1 aromatic heterocycles. The summed E-state index contributed by atoms with van der Waals surface area (Å²) in [5.41, 5.74) is 7.45. The van der Waals surface area contributed by atoms with Gasteiger partial charge in [-0.3, -0.25) is 34.0 Å². The number of benzene rings is 3. The summed E-state index contributed by atoms with van der Waals surface area (Å²) in [6.07, 6.45) is 15.9. The summed E-state index contributed by atoms with van der Waals surface area (Å²) < 4.78 is 8.72. The maximum Gasteiger partial charge on any atom is 0.282 e. The second-order valence-corrected chi connectivity index (χ2v) is 21.8. The summed E-state index contributed by atoms with van der Waals surface area (Å²) in [5, 5.41) is 3.40. The van der Waals surface area contributed by atoms with Crippen molar-refractivity contribution < 1.29 is 19.1 Å². The van der Waals surface area contributed by atoms with E-state index in [4.69, 9.17) is 21.3 Å². The number of likely N-dealkylation sites (tertiary alicyclic amines) is 2. The molecule has 7 aliphatic heterocycles. The van der Waals surface area contributed by atoms with E-state index in [2.05, 4.69) is 48.8 Å². The van der Waals surface area contributed by atoms with E-state index in [1.165, 1.54) is 74.8 Å². The van der Waals surface area contributed by atoms with Gasteiger partial charge in [-0.15, -0.1) is 0 Å². The minimum Gasteiger partial charge on any atom is -0.492 e. The standard InChI is InChI=1S/C52H58ClN7O5/c53-39-5-4-6-41-44(39)47(63)55-49-52(17-2-1-3-18-52)38-27-34(7-10-40(38)60(41)49)56-23-15-33(16-24-56)58-29-50(30-58)19-13-32(14-20-50)57-25-21-51(22-26-57)31-65-45-36-28-59(42-11-12-43(61)54-46(42)62)48(64)35(36)8-9-37(45)51/h4-10,27,32-33,42H,1-3,11-26,28-31H2,(H,54,61,62)/t42-/m0/s1. The first kappa shape index (κ1) is 40.5. The molecule has 12 nitrogen and oxygen atoms in total. The Balaban J connectivity index is 0.618. The number of ether oxygens (including phenoxy) is 1. The molecule has 1 atom stereocenters. The van der Waals surface area contributed by atoms with Crippen molar-refractivity contribution in [3.8, 4) is 11.4 Å². The maximum atomic E-state index is 13.5. The summed E-state index contributed by atoms with van der Waals surface area (Å²) in [7, 11) is 0. The Labute approximate surface area is 384 Å². The minimum absolute atomic E-state index is 0.0280. The second-order valence-electron chi connectivity index (χ2n) is 21.4. The van der Waals surface area contributed by atoms with Gasteiger partial charge >= 0.3 is 0 Å². The number of hydrogen-bond donors (Lipinski definition) is 1. The quantitative estimate of drug-likeness (QED) is 0.216. The van der Waals surface area contributed by atoms with Gasteiger partial charge in [-0.25, -0.2) is 0 Å². The molecule has 2 aliphatic carbocycles. The molecular weight excluding hydrogens is 838 g/mol. The molecule has 13 rings (SSSR count). The van der Waals surface area contributed by atoms with Crippen molar-refractivity contribution >= 4 is 45.9 Å². The van der Waals surface area contributed by atoms with Gasteiger partial charge in [-0.05, 0) is 131 Å². The lowest BCUT2D eigenvalue weighted by Crippen LogP contribution is -2.63. The molecule has 2 saturated carbocycles. The van der Waals surface area contributed by atoms with Crippen LogP contribution in [0.15, 0.2) is 53.3 Å². The highest BCUT2D eigenvalue weighted by molar-refractivity contribution is 6.35. The fraction of sp³-hybridized carbons (Fsp3) is 0.558. The fourth-order valence-electron chi connectivity index (χ4n) is 14.5. The number of hydrogen-bond acceptors (Lipinski definition) is 9. The van der Waals surface area contributed by atoms with E-state index < -0.39 is 6.04 Å². The number of aromatic nitrogens is 2. The van der Waals surface area contributed by atoms with E-state index in [1.54, 1.807) is 11.0 Å². The molecule has 13 heteroatoms. The molecule has 3 aromatic carbocycles. The van der Waals surface area contributed by atoms with Crippen molar-refractivity contribution in [2.45, 2.75) is 132 Å². The Hall–Kier alpha value is -4.78. The number of carbonyl (C=O) groups is 3. The monoisotopic (exact) mass is 895 g/mol. The summed E-state index contributed by atoms with van der Waals surface area (Å²) in [5.74, 6) is 0.977. The van der Waals surface area contributed by atoms with Crippen molar-refractivity contribution in [3.05, 3.63) is 92.0 Å². The summed E-state index contributed by atoms with van der Waals surface area (Å²) in [4.78, 5) is 66.0. The third kappa shape index (κ3) is 6.10. The van der Waals surface area contributed by atoms with E-state index in [1.807, 2.05) is 18.2 Å². The van der Waals surface area contributed by atoms with Crippen molar-refractivity contribution in [3.63, 3.8) is 0 Å². The molecule has 0 radical (unpaired) electrons. The molecule has 9 aliphatic rings. The molecule has 4 saturated heterocycles. The molecule has 0 bridgehead atoms.